The molecule has 0 spiro atoms. The Balaban J connectivity index is 2.58. The van der Waals surface area contributed by atoms with Gasteiger partial charge in [0.05, 0.1) is 0 Å². The van der Waals surface area contributed by atoms with Crippen LogP contribution >= 0.6 is 0 Å². The van der Waals surface area contributed by atoms with Crippen molar-refractivity contribution < 1.29 is 19.4 Å². The van der Waals surface area contributed by atoms with Crippen molar-refractivity contribution in [3.05, 3.63) is 28.7 Å². The Morgan fingerprint density at radius 2 is 2.15 bits per heavy atom. The van der Waals surface area contributed by atoms with Gasteiger partial charge in [-0.2, -0.15) is 0 Å². The normalized spacial score (nSPS) is 10.1. The maximum Gasteiger partial charge on any atom is 0.303 e. The van der Waals surface area contributed by atoms with Gasteiger partial charge in [0.1, 0.15) is 0 Å². The first kappa shape index (κ1) is 15.7. The van der Waals surface area contributed by atoms with Gasteiger partial charge in [-0.05, 0) is 25.0 Å². The number of carboxylic acid groups (broad SMARTS) is 1. The van der Waals surface area contributed by atoms with Crippen molar-refractivity contribution in [1.29, 1.82) is 0 Å². The van der Waals surface area contributed by atoms with Crippen LogP contribution in [-0.4, -0.2) is 35.2 Å². The number of aromatic nitrogens is 1. The average Bonchev–Trinajstić information content (AvgIpc) is 2.43. The first-order chi connectivity index (χ1) is 9.54. The summed E-state index contributed by atoms with van der Waals surface area (Å²) in [5.41, 5.74) is -0.327. The Kier molecular flexibility index (Phi) is 6.28. The van der Waals surface area contributed by atoms with Crippen molar-refractivity contribution in [2.75, 3.05) is 13.7 Å². The van der Waals surface area contributed by atoms with Crippen molar-refractivity contribution >= 4 is 11.9 Å². The summed E-state index contributed by atoms with van der Waals surface area (Å²) in [4.78, 5) is 33.4. The molecule has 0 aliphatic heterocycles. The van der Waals surface area contributed by atoms with Crippen LogP contribution in [0.5, 0.6) is 5.75 Å². The topological polar surface area (TPSA) is 97.6 Å². The Labute approximate surface area is 116 Å². The summed E-state index contributed by atoms with van der Waals surface area (Å²) in [6.45, 7) is 0.206. The molecule has 1 aromatic rings. The van der Waals surface area contributed by atoms with Gasteiger partial charge in [-0.3, -0.25) is 14.4 Å². The van der Waals surface area contributed by atoms with E-state index < -0.39 is 5.97 Å². The average molecular weight is 282 g/mol. The number of carbonyl (C=O) groups is 2. The van der Waals surface area contributed by atoms with E-state index in [4.69, 9.17) is 9.84 Å². The lowest BCUT2D eigenvalue weighted by atomic mass is 10.2. The first-order valence-corrected chi connectivity index (χ1v) is 6.29. The second-order valence-electron chi connectivity index (χ2n) is 4.18. The Morgan fingerprint density at radius 1 is 1.40 bits per heavy atom. The molecule has 20 heavy (non-hydrogen) atoms. The monoisotopic (exact) mass is 282 g/mol. The molecule has 2 N–H and O–H groups in total. The van der Waals surface area contributed by atoms with Gasteiger partial charge in [0.25, 0.3) is 11.5 Å². The minimum atomic E-state index is -0.847. The lowest BCUT2D eigenvalue weighted by molar-refractivity contribution is -0.137. The highest BCUT2D eigenvalue weighted by Gasteiger charge is 2.06. The highest BCUT2D eigenvalue weighted by molar-refractivity contribution is 5.77. The Bertz CT molecular complexity index is 524. The molecule has 0 saturated carbocycles. The van der Waals surface area contributed by atoms with E-state index in [9.17, 15) is 14.4 Å². The SMILES string of the molecule is CNC(=O)COc1cccn(CCCCC(=O)O)c1=O. The number of carboxylic acids is 1. The van der Waals surface area contributed by atoms with Gasteiger partial charge < -0.3 is 19.7 Å². The zero-order valence-electron chi connectivity index (χ0n) is 11.3. The quantitative estimate of drug-likeness (QED) is 0.665. The van der Waals surface area contributed by atoms with Crippen LogP contribution < -0.4 is 15.6 Å². The zero-order chi connectivity index (χ0) is 15.0. The van der Waals surface area contributed by atoms with E-state index in [1.807, 2.05) is 0 Å². The van der Waals surface area contributed by atoms with Crippen LogP contribution in [-0.2, 0) is 16.1 Å². The van der Waals surface area contributed by atoms with E-state index in [1.54, 1.807) is 12.3 Å². The molecule has 0 atom stereocenters. The fraction of sp³-hybridized carbons (Fsp3) is 0.462. The van der Waals surface area contributed by atoms with Crippen molar-refractivity contribution in [2.45, 2.75) is 25.8 Å². The number of rotatable bonds is 8. The second kappa shape index (κ2) is 7.98. The number of unbranched alkanes of at least 4 members (excludes halogenated alkanes) is 1. The summed E-state index contributed by atoms with van der Waals surface area (Å²) in [6.07, 6.45) is 2.79. The van der Waals surface area contributed by atoms with Crippen LogP contribution in [0.15, 0.2) is 23.1 Å². The molecular weight excluding hydrogens is 264 g/mol. The lowest BCUT2D eigenvalue weighted by Gasteiger charge is -2.08. The lowest BCUT2D eigenvalue weighted by Crippen LogP contribution is -2.28. The smallest absolute Gasteiger partial charge is 0.303 e. The number of likely N-dealkylation sites (N-methyl/N-ethyl adjacent to an activating group) is 1. The van der Waals surface area contributed by atoms with E-state index >= 15 is 0 Å². The molecule has 7 heteroatoms. The van der Waals surface area contributed by atoms with Crippen LogP contribution in [0.1, 0.15) is 19.3 Å². The van der Waals surface area contributed by atoms with Gasteiger partial charge in [-0.1, -0.05) is 0 Å². The maximum atomic E-state index is 12.0. The molecule has 0 saturated heterocycles. The molecule has 0 fully saturated rings. The molecular formula is C13H18N2O5. The minimum absolute atomic E-state index is 0.0849. The van der Waals surface area contributed by atoms with E-state index in [0.29, 0.717) is 19.4 Å². The van der Waals surface area contributed by atoms with Gasteiger partial charge in [0.2, 0.25) is 0 Å². The molecule has 1 amide bonds. The number of pyridine rings is 1. The predicted octanol–water partition coefficient (Wildman–Crippen LogP) is 0.228. The summed E-state index contributed by atoms with van der Waals surface area (Å²) in [6, 6.07) is 3.15. The molecule has 1 heterocycles. The molecule has 0 radical (unpaired) electrons. The van der Waals surface area contributed by atoms with Gasteiger partial charge in [-0.15, -0.1) is 0 Å². The second-order valence-corrected chi connectivity index (χ2v) is 4.18. The number of nitrogens with zero attached hydrogens (tertiary/aromatic N) is 1. The highest BCUT2D eigenvalue weighted by atomic mass is 16.5. The van der Waals surface area contributed by atoms with Crippen molar-refractivity contribution in [3.63, 3.8) is 0 Å². The van der Waals surface area contributed by atoms with E-state index in [0.717, 1.165) is 0 Å². The molecule has 1 aromatic heterocycles. The molecule has 7 nitrogen and oxygen atoms in total. The third kappa shape index (κ3) is 5.13. The molecule has 0 bridgehead atoms. The van der Waals surface area contributed by atoms with Crippen LogP contribution in [0.4, 0.5) is 0 Å². The zero-order valence-corrected chi connectivity index (χ0v) is 11.3. The molecule has 1 rings (SSSR count). The van der Waals surface area contributed by atoms with E-state index in [-0.39, 0.29) is 30.2 Å². The van der Waals surface area contributed by atoms with Crippen molar-refractivity contribution in [2.24, 2.45) is 0 Å². The third-order valence-electron chi connectivity index (χ3n) is 2.66. The number of amides is 1. The van der Waals surface area contributed by atoms with Gasteiger partial charge in [-0.25, -0.2) is 0 Å². The highest BCUT2D eigenvalue weighted by Crippen LogP contribution is 2.04. The minimum Gasteiger partial charge on any atom is -0.481 e. The molecule has 0 aliphatic carbocycles. The van der Waals surface area contributed by atoms with Crippen LogP contribution in [0, 0.1) is 0 Å². The summed E-state index contributed by atoms with van der Waals surface area (Å²) >= 11 is 0. The van der Waals surface area contributed by atoms with Crippen LogP contribution in [0.3, 0.4) is 0 Å². The number of nitrogens with one attached hydrogen (secondary N) is 1. The summed E-state index contributed by atoms with van der Waals surface area (Å²) in [5.74, 6) is -1.06. The summed E-state index contributed by atoms with van der Waals surface area (Å²) in [5, 5.41) is 10.9. The molecule has 0 aromatic carbocycles. The van der Waals surface area contributed by atoms with Crippen LogP contribution in [0.25, 0.3) is 0 Å². The fourth-order valence-corrected chi connectivity index (χ4v) is 1.57. The van der Waals surface area contributed by atoms with Gasteiger partial charge in [0.15, 0.2) is 12.4 Å². The summed E-state index contributed by atoms with van der Waals surface area (Å²) in [7, 11) is 1.48. The van der Waals surface area contributed by atoms with Crippen molar-refractivity contribution in [1.82, 2.24) is 9.88 Å². The molecule has 0 unspecified atom stereocenters. The maximum absolute atomic E-state index is 12.0. The largest absolute Gasteiger partial charge is 0.481 e. The molecule has 110 valence electrons. The number of aryl methyl sites for hydroxylation is 1. The Hall–Kier alpha value is -2.31. The number of hydrogen-bond acceptors (Lipinski definition) is 4. The van der Waals surface area contributed by atoms with Crippen LogP contribution in [0.2, 0.25) is 0 Å². The number of aliphatic carboxylic acids is 1. The number of carbonyl (C=O) groups excluding carboxylic acids is 1. The van der Waals surface area contributed by atoms with Gasteiger partial charge in [0, 0.05) is 26.2 Å². The van der Waals surface area contributed by atoms with Gasteiger partial charge >= 0.3 is 5.97 Å². The molecule has 0 aliphatic rings. The van der Waals surface area contributed by atoms with E-state index in [2.05, 4.69) is 5.32 Å². The van der Waals surface area contributed by atoms with Crippen molar-refractivity contribution in [3.8, 4) is 5.75 Å². The third-order valence-corrected chi connectivity index (χ3v) is 2.66. The fourth-order valence-electron chi connectivity index (χ4n) is 1.57. The van der Waals surface area contributed by atoms with E-state index in [1.165, 1.54) is 17.7 Å². The summed E-state index contributed by atoms with van der Waals surface area (Å²) < 4.78 is 6.58. The standard InChI is InChI=1S/C13H18N2O5/c1-14-11(16)9-20-10-5-4-8-15(13(10)19)7-3-2-6-12(17)18/h4-5,8H,2-3,6-7,9H2,1H3,(H,14,16)(H,17,18). The predicted molar refractivity (Wildman–Crippen MR) is 71.8 cm³/mol. The number of ether oxygens (including phenoxy) is 1. The Morgan fingerprint density at radius 3 is 2.80 bits per heavy atom. The number of hydrogen-bond donors (Lipinski definition) is 2. The first-order valence-electron chi connectivity index (χ1n) is 6.29.